The van der Waals surface area contributed by atoms with Crippen LogP contribution in [0.1, 0.15) is 10.8 Å². The molecule has 0 saturated heterocycles. The molecule has 2 N–H and O–H groups in total. The number of nitrogens with two attached hydrogens (primary N) is 1. The first-order valence-electron chi connectivity index (χ1n) is 5.31. The van der Waals surface area contributed by atoms with Gasteiger partial charge in [0.15, 0.2) is 5.16 Å². The minimum atomic E-state index is 0.129. The molecule has 0 aliphatic carbocycles. The smallest absolute Gasteiger partial charge is 0.168 e. The van der Waals surface area contributed by atoms with Gasteiger partial charge in [-0.3, -0.25) is 0 Å². The first kappa shape index (κ1) is 12.5. The van der Waals surface area contributed by atoms with Gasteiger partial charge in [0.2, 0.25) is 0 Å². The lowest BCUT2D eigenvalue weighted by Crippen LogP contribution is -2.10. The maximum atomic E-state index is 6.18. The summed E-state index contributed by atoms with van der Waals surface area (Å²) in [5.74, 6) is 0. The standard InChI is InChI=1S/C12H14ClN3S/c1-16-7-6-15-12(16)17-11(8-14)9-4-2-3-5-10(9)13/h2-7,11H,8,14H2,1H3. The third-order valence-corrected chi connectivity index (χ3v) is 4.17. The summed E-state index contributed by atoms with van der Waals surface area (Å²) in [4.78, 5) is 4.29. The van der Waals surface area contributed by atoms with Gasteiger partial charge in [0, 0.05) is 31.0 Å². The molecule has 5 heteroatoms. The van der Waals surface area contributed by atoms with Gasteiger partial charge in [0.05, 0.1) is 5.25 Å². The maximum Gasteiger partial charge on any atom is 0.168 e. The summed E-state index contributed by atoms with van der Waals surface area (Å²) in [5.41, 5.74) is 6.88. The highest BCUT2D eigenvalue weighted by Crippen LogP contribution is 2.36. The van der Waals surface area contributed by atoms with E-state index < -0.39 is 0 Å². The van der Waals surface area contributed by atoms with E-state index in [0.29, 0.717) is 6.54 Å². The Bertz CT molecular complexity index is 498. The number of thioether (sulfide) groups is 1. The molecule has 0 aliphatic heterocycles. The number of imidazole rings is 1. The van der Waals surface area contributed by atoms with Crippen LogP contribution in [0.2, 0.25) is 5.02 Å². The molecule has 90 valence electrons. The number of halogens is 1. The Morgan fingerprint density at radius 3 is 2.82 bits per heavy atom. The number of hydrogen-bond donors (Lipinski definition) is 1. The summed E-state index contributed by atoms with van der Waals surface area (Å²) in [6.45, 7) is 0.529. The van der Waals surface area contributed by atoms with Crippen LogP contribution in [0.3, 0.4) is 0 Å². The molecule has 0 aliphatic rings. The van der Waals surface area contributed by atoms with E-state index in [1.54, 1.807) is 18.0 Å². The van der Waals surface area contributed by atoms with E-state index in [4.69, 9.17) is 17.3 Å². The normalized spacial score (nSPS) is 12.6. The second kappa shape index (κ2) is 5.58. The van der Waals surface area contributed by atoms with Crippen molar-refractivity contribution < 1.29 is 0 Å². The summed E-state index contributed by atoms with van der Waals surface area (Å²) in [6.07, 6.45) is 3.70. The highest BCUT2D eigenvalue weighted by molar-refractivity contribution is 7.99. The largest absolute Gasteiger partial charge is 0.329 e. The minimum Gasteiger partial charge on any atom is -0.329 e. The Kier molecular flexibility index (Phi) is 4.10. The lowest BCUT2D eigenvalue weighted by atomic mass is 10.1. The molecule has 2 aromatic rings. The van der Waals surface area contributed by atoms with E-state index in [1.165, 1.54) is 0 Å². The predicted molar refractivity (Wildman–Crippen MR) is 72.3 cm³/mol. The van der Waals surface area contributed by atoms with Crippen LogP contribution in [0.4, 0.5) is 0 Å². The van der Waals surface area contributed by atoms with Crippen molar-refractivity contribution in [3.05, 3.63) is 47.2 Å². The average molecular weight is 268 g/mol. The fourth-order valence-corrected chi connectivity index (χ4v) is 2.93. The van der Waals surface area contributed by atoms with Crippen molar-refractivity contribution in [1.29, 1.82) is 0 Å². The van der Waals surface area contributed by atoms with Crippen molar-refractivity contribution in [1.82, 2.24) is 9.55 Å². The zero-order valence-electron chi connectivity index (χ0n) is 9.51. The van der Waals surface area contributed by atoms with Crippen LogP contribution in [0.5, 0.6) is 0 Å². The van der Waals surface area contributed by atoms with Gasteiger partial charge in [-0.2, -0.15) is 0 Å². The summed E-state index contributed by atoms with van der Waals surface area (Å²) >= 11 is 7.81. The molecule has 1 atom stereocenters. The van der Waals surface area contributed by atoms with Gasteiger partial charge >= 0.3 is 0 Å². The van der Waals surface area contributed by atoms with Crippen molar-refractivity contribution in [2.45, 2.75) is 10.4 Å². The molecule has 1 heterocycles. The zero-order valence-corrected chi connectivity index (χ0v) is 11.1. The molecular weight excluding hydrogens is 254 g/mol. The van der Waals surface area contributed by atoms with E-state index in [1.807, 2.05) is 42.1 Å². The number of benzene rings is 1. The van der Waals surface area contributed by atoms with Gasteiger partial charge < -0.3 is 10.3 Å². The molecule has 1 aromatic heterocycles. The Morgan fingerprint density at radius 2 is 2.24 bits per heavy atom. The Labute approximate surface area is 110 Å². The van der Waals surface area contributed by atoms with Crippen molar-refractivity contribution in [3.63, 3.8) is 0 Å². The molecule has 0 amide bonds. The lowest BCUT2D eigenvalue weighted by Gasteiger charge is -2.15. The molecular formula is C12H14ClN3S. The van der Waals surface area contributed by atoms with E-state index in [-0.39, 0.29) is 5.25 Å². The predicted octanol–water partition coefficient (Wildman–Crippen LogP) is 2.87. The van der Waals surface area contributed by atoms with E-state index in [2.05, 4.69) is 4.98 Å². The lowest BCUT2D eigenvalue weighted by molar-refractivity contribution is 0.783. The minimum absolute atomic E-state index is 0.129. The average Bonchev–Trinajstić information content (AvgIpc) is 2.73. The molecule has 1 unspecified atom stereocenters. The zero-order chi connectivity index (χ0) is 12.3. The topological polar surface area (TPSA) is 43.8 Å². The fraction of sp³-hybridized carbons (Fsp3) is 0.250. The van der Waals surface area contributed by atoms with Crippen LogP contribution in [0.15, 0.2) is 41.8 Å². The van der Waals surface area contributed by atoms with E-state index in [9.17, 15) is 0 Å². The fourth-order valence-electron chi connectivity index (χ4n) is 1.57. The van der Waals surface area contributed by atoms with Gasteiger partial charge in [-0.1, -0.05) is 41.6 Å². The third-order valence-electron chi connectivity index (χ3n) is 2.49. The third kappa shape index (κ3) is 2.83. The SMILES string of the molecule is Cn1ccnc1SC(CN)c1ccccc1Cl. The highest BCUT2D eigenvalue weighted by Gasteiger charge is 2.16. The molecule has 17 heavy (non-hydrogen) atoms. The van der Waals surface area contributed by atoms with E-state index >= 15 is 0 Å². The number of nitrogens with zero attached hydrogens (tertiary/aromatic N) is 2. The molecule has 1 aromatic carbocycles. The molecule has 0 fully saturated rings. The summed E-state index contributed by atoms with van der Waals surface area (Å²) < 4.78 is 1.98. The van der Waals surface area contributed by atoms with Crippen LogP contribution >= 0.6 is 23.4 Å². The van der Waals surface area contributed by atoms with E-state index in [0.717, 1.165) is 15.7 Å². The van der Waals surface area contributed by atoms with Crippen LogP contribution < -0.4 is 5.73 Å². The second-order valence-electron chi connectivity index (χ2n) is 3.68. The quantitative estimate of drug-likeness (QED) is 0.867. The summed E-state index contributed by atoms with van der Waals surface area (Å²) in [7, 11) is 1.97. The highest BCUT2D eigenvalue weighted by atomic mass is 35.5. The molecule has 0 spiro atoms. The first-order valence-corrected chi connectivity index (χ1v) is 6.56. The molecule has 0 bridgehead atoms. The first-order chi connectivity index (χ1) is 8.22. The Hall–Kier alpha value is -0.970. The van der Waals surface area contributed by atoms with Crippen LogP contribution in [0, 0.1) is 0 Å². The summed E-state index contributed by atoms with van der Waals surface area (Å²) in [5, 5.41) is 1.83. The van der Waals surface area contributed by atoms with Crippen LogP contribution in [-0.2, 0) is 7.05 Å². The Morgan fingerprint density at radius 1 is 1.47 bits per heavy atom. The van der Waals surface area contributed by atoms with Gasteiger partial charge in [-0.25, -0.2) is 4.98 Å². The number of aryl methyl sites for hydroxylation is 1. The van der Waals surface area contributed by atoms with Crippen LogP contribution in [0.25, 0.3) is 0 Å². The molecule has 0 radical (unpaired) electrons. The molecule has 0 saturated carbocycles. The monoisotopic (exact) mass is 267 g/mol. The van der Waals surface area contributed by atoms with Crippen molar-refractivity contribution in [3.8, 4) is 0 Å². The second-order valence-corrected chi connectivity index (χ2v) is 5.26. The Balaban J connectivity index is 2.23. The number of aromatic nitrogens is 2. The van der Waals surface area contributed by atoms with Gasteiger partial charge in [-0.05, 0) is 11.6 Å². The maximum absolute atomic E-state index is 6.18. The molecule has 2 rings (SSSR count). The van der Waals surface area contributed by atoms with Gasteiger partial charge in [-0.15, -0.1) is 0 Å². The summed E-state index contributed by atoms with van der Waals surface area (Å²) in [6, 6.07) is 7.79. The molecule has 3 nitrogen and oxygen atoms in total. The van der Waals surface area contributed by atoms with Crippen molar-refractivity contribution in [2.75, 3.05) is 6.54 Å². The number of hydrogen-bond acceptors (Lipinski definition) is 3. The van der Waals surface area contributed by atoms with Crippen molar-refractivity contribution >= 4 is 23.4 Å². The van der Waals surface area contributed by atoms with Crippen molar-refractivity contribution in [2.24, 2.45) is 12.8 Å². The van der Waals surface area contributed by atoms with Crippen LogP contribution in [-0.4, -0.2) is 16.1 Å². The van der Waals surface area contributed by atoms with Gasteiger partial charge in [0.25, 0.3) is 0 Å². The number of rotatable bonds is 4. The van der Waals surface area contributed by atoms with Gasteiger partial charge in [0.1, 0.15) is 0 Å².